The topological polar surface area (TPSA) is 32.3 Å². The van der Waals surface area contributed by atoms with Crippen molar-refractivity contribution in [2.45, 2.75) is 12.5 Å². The summed E-state index contributed by atoms with van der Waals surface area (Å²) in [6.45, 7) is 1.13. The number of aliphatic hydroxyl groups excluding tert-OH is 1. The zero-order chi connectivity index (χ0) is 10.9. The summed E-state index contributed by atoms with van der Waals surface area (Å²) in [5.74, 6) is 1.06. The van der Waals surface area contributed by atoms with Crippen LogP contribution in [-0.4, -0.2) is 30.3 Å². The number of hydrogen-bond acceptors (Lipinski definition) is 3. The van der Waals surface area contributed by atoms with Crippen molar-refractivity contribution in [2.75, 3.05) is 25.2 Å². The molecule has 0 aliphatic carbocycles. The summed E-state index contributed by atoms with van der Waals surface area (Å²) in [5, 5.41) is 12.2. The molecule has 3 heteroatoms. The first-order chi connectivity index (χ1) is 7.38. The molecule has 2 N–H and O–H groups in total. The maximum atomic E-state index is 8.73. The molecule has 1 atom stereocenters. The lowest BCUT2D eigenvalue weighted by molar-refractivity contribution is 0.284. The lowest BCUT2D eigenvalue weighted by atomic mass is 10.1. The van der Waals surface area contributed by atoms with Gasteiger partial charge in [-0.05, 0) is 24.8 Å². The molecule has 0 amide bonds. The molecule has 1 unspecified atom stereocenters. The fourth-order valence-electron chi connectivity index (χ4n) is 1.48. The van der Waals surface area contributed by atoms with Crippen LogP contribution < -0.4 is 5.32 Å². The maximum Gasteiger partial charge on any atom is 0.0443 e. The second-order valence-corrected chi connectivity index (χ2v) is 4.36. The molecule has 0 fully saturated rings. The molecule has 0 saturated carbocycles. The van der Waals surface area contributed by atoms with Gasteiger partial charge in [-0.25, -0.2) is 0 Å². The predicted molar refractivity (Wildman–Crippen MR) is 67.3 cm³/mol. The Kier molecular flexibility index (Phi) is 6.48. The van der Waals surface area contributed by atoms with Crippen LogP contribution in [0.3, 0.4) is 0 Å². The Balaban J connectivity index is 2.50. The average molecular weight is 225 g/mol. The summed E-state index contributed by atoms with van der Waals surface area (Å²) in [6, 6.07) is 10.9. The van der Waals surface area contributed by atoms with Crippen LogP contribution in [0.5, 0.6) is 0 Å². The second kappa shape index (κ2) is 7.74. The Morgan fingerprint density at radius 2 is 2.07 bits per heavy atom. The smallest absolute Gasteiger partial charge is 0.0443 e. The molecular formula is C12H19NOS. The highest BCUT2D eigenvalue weighted by Gasteiger charge is 2.08. The first-order valence-corrected chi connectivity index (χ1v) is 6.66. The summed E-state index contributed by atoms with van der Waals surface area (Å²) in [4.78, 5) is 0. The van der Waals surface area contributed by atoms with Crippen molar-refractivity contribution in [3.63, 3.8) is 0 Å². The van der Waals surface area contributed by atoms with Gasteiger partial charge in [-0.3, -0.25) is 0 Å². The van der Waals surface area contributed by atoms with Crippen LogP contribution in [0.4, 0.5) is 0 Å². The molecule has 1 aromatic carbocycles. The molecule has 0 aliphatic rings. The quantitative estimate of drug-likeness (QED) is 0.697. The van der Waals surface area contributed by atoms with Gasteiger partial charge in [-0.1, -0.05) is 30.3 Å². The van der Waals surface area contributed by atoms with Crippen LogP contribution in [0.25, 0.3) is 0 Å². The molecule has 0 spiro atoms. The van der Waals surface area contributed by atoms with E-state index in [1.165, 1.54) is 5.56 Å². The van der Waals surface area contributed by atoms with Crippen LogP contribution in [0.2, 0.25) is 0 Å². The number of thioether (sulfide) groups is 1. The minimum Gasteiger partial charge on any atom is -0.396 e. The van der Waals surface area contributed by atoms with Gasteiger partial charge < -0.3 is 10.4 Å². The second-order valence-electron chi connectivity index (χ2n) is 3.45. The third-order valence-electron chi connectivity index (χ3n) is 2.26. The van der Waals surface area contributed by atoms with Crippen molar-refractivity contribution in [1.82, 2.24) is 5.32 Å². The number of rotatable bonds is 7. The van der Waals surface area contributed by atoms with Crippen LogP contribution in [0, 0.1) is 0 Å². The van der Waals surface area contributed by atoms with E-state index in [1.807, 2.05) is 17.8 Å². The molecule has 15 heavy (non-hydrogen) atoms. The Labute approximate surface area is 96.1 Å². The Hall–Kier alpha value is -0.510. The zero-order valence-electron chi connectivity index (χ0n) is 9.15. The summed E-state index contributed by atoms with van der Waals surface area (Å²) in [7, 11) is 0. The first-order valence-electron chi connectivity index (χ1n) is 5.26. The number of aliphatic hydroxyl groups is 1. The van der Waals surface area contributed by atoms with Crippen LogP contribution in [-0.2, 0) is 0 Å². The Morgan fingerprint density at radius 3 is 2.67 bits per heavy atom. The van der Waals surface area contributed by atoms with Crippen molar-refractivity contribution in [3.05, 3.63) is 35.9 Å². The van der Waals surface area contributed by atoms with Crippen LogP contribution >= 0.6 is 11.8 Å². The lowest BCUT2D eigenvalue weighted by Crippen LogP contribution is -2.24. The van der Waals surface area contributed by atoms with E-state index in [9.17, 15) is 0 Å². The van der Waals surface area contributed by atoms with Crippen LogP contribution in [0.1, 0.15) is 18.0 Å². The molecular weight excluding hydrogens is 206 g/mol. The molecule has 0 heterocycles. The minimum absolute atomic E-state index is 0.258. The average Bonchev–Trinajstić information content (AvgIpc) is 2.29. The van der Waals surface area contributed by atoms with Gasteiger partial charge >= 0.3 is 0 Å². The van der Waals surface area contributed by atoms with E-state index in [0.717, 1.165) is 18.7 Å². The van der Waals surface area contributed by atoms with Gasteiger partial charge in [0.15, 0.2) is 0 Å². The van der Waals surface area contributed by atoms with Gasteiger partial charge in [0, 0.05) is 18.4 Å². The SMILES string of the molecule is CSCC(NCCCO)c1ccccc1. The minimum atomic E-state index is 0.258. The van der Waals surface area contributed by atoms with Crippen molar-refractivity contribution >= 4 is 11.8 Å². The normalized spacial score (nSPS) is 12.7. The van der Waals surface area contributed by atoms with Gasteiger partial charge in [0.25, 0.3) is 0 Å². The highest BCUT2D eigenvalue weighted by atomic mass is 32.2. The number of nitrogens with one attached hydrogen (secondary N) is 1. The van der Waals surface area contributed by atoms with Gasteiger partial charge in [-0.15, -0.1) is 0 Å². The lowest BCUT2D eigenvalue weighted by Gasteiger charge is -2.17. The van der Waals surface area contributed by atoms with Crippen molar-refractivity contribution in [2.24, 2.45) is 0 Å². The van der Waals surface area contributed by atoms with E-state index in [0.29, 0.717) is 6.04 Å². The van der Waals surface area contributed by atoms with Crippen molar-refractivity contribution in [3.8, 4) is 0 Å². The predicted octanol–water partition coefficient (Wildman–Crippen LogP) is 2.06. The highest BCUT2D eigenvalue weighted by Crippen LogP contribution is 2.16. The molecule has 0 saturated heterocycles. The molecule has 1 aromatic rings. The van der Waals surface area contributed by atoms with Gasteiger partial charge in [0.2, 0.25) is 0 Å². The largest absolute Gasteiger partial charge is 0.396 e. The summed E-state index contributed by atoms with van der Waals surface area (Å²) < 4.78 is 0. The van der Waals surface area contributed by atoms with E-state index in [2.05, 4.69) is 35.8 Å². The molecule has 0 radical (unpaired) electrons. The molecule has 2 nitrogen and oxygen atoms in total. The molecule has 0 aromatic heterocycles. The summed E-state index contributed by atoms with van der Waals surface area (Å²) in [6.07, 6.45) is 2.93. The first kappa shape index (κ1) is 12.6. The van der Waals surface area contributed by atoms with E-state index >= 15 is 0 Å². The molecule has 1 rings (SSSR count). The fraction of sp³-hybridized carbons (Fsp3) is 0.500. The fourth-order valence-corrected chi connectivity index (χ4v) is 2.12. The Morgan fingerprint density at radius 1 is 1.33 bits per heavy atom. The van der Waals surface area contributed by atoms with E-state index < -0.39 is 0 Å². The van der Waals surface area contributed by atoms with Crippen molar-refractivity contribution in [1.29, 1.82) is 0 Å². The Bertz CT molecular complexity index is 253. The number of benzene rings is 1. The zero-order valence-corrected chi connectivity index (χ0v) is 9.96. The third kappa shape index (κ3) is 4.69. The standard InChI is InChI=1S/C12H19NOS/c1-15-10-12(13-8-5-9-14)11-6-3-2-4-7-11/h2-4,6-7,12-14H,5,8-10H2,1H3. The summed E-state index contributed by atoms with van der Waals surface area (Å²) in [5.41, 5.74) is 1.32. The summed E-state index contributed by atoms with van der Waals surface area (Å²) >= 11 is 1.84. The van der Waals surface area contributed by atoms with Gasteiger partial charge in [-0.2, -0.15) is 11.8 Å². The monoisotopic (exact) mass is 225 g/mol. The van der Waals surface area contributed by atoms with E-state index in [4.69, 9.17) is 5.11 Å². The molecule has 0 aliphatic heterocycles. The van der Waals surface area contributed by atoms with Gasteiger partial charge in [0.1, 0.15) is 0 Å². The van der Waals surface area contributed by atoms with Gasteiger partial charge in [0.05, 0.1) is 0 Å². The van der Waals surface area contributed by atoms with Crippen LogP contribution in [0.15, 0.2) is 30.3 Å². The molecule has 84 valence electrons. The maximum absolute atomic E-state index is 8.73. The van der Waals surface area contributed by atoms with E-state index in [-0.39, 0.29) is 6.61 Å². The van der Waals surface area contributed by atoms with E-state index in [1.54, 1.807) is 0 Å². The molecule has 0 bridgehead atoms. The third-order valence-corrected chi connectivity index (χ3v) is 2.93. The number of hydrogen-bond donors (Lipinski definition) is 2. The van der Waals surface area contributed by atoms with Crippen molar-refractivity contribution < 1.29 is 5.11 Å². The highest BCUT2D eigenvalue weighted by molar-refractivity contribution is 7.98.